The number of rotatable bonds is 6. The first-order valence-corrected chi connectivity index (χ1v) is 11.7. The monoisotopic (exact) mass is 366 g/mol. The number of carboxylic acids is 1. The summed E-state index contributed by atoms with van der Waals surface area (Å²) in [5, 5.41) is 9.35. The molecule has 1 fully saturated rings. The first-order valence-electron chi connectivity index (χ1n) is 8.79. The molecule has 0 radical (unpaired) electrons. The predicted octanol–water partition coefficient (Wildman–Crippen LogP) is 4.72. The number of hydrogen-bond donors (Lipinski definition) is 1. The van der Waals surface area contributed by atoms with Gasteiger partial charge in [-0.05, 0) is 49.2 Å². The Hall–Kier alpha value is -1.53. The second-order valence-corrected chi connectivity index (χ2v) is 13.0. The number of ether oxygens (including phenoxy) is 2. The van der Waals surface area contributed by atoms with Crippen molar-refractivity contribution in [2.24, 2.45) is 0 Å². The first kappa shape index (κ1) is 19.8. The highest BCUT2D eigenvalue weighted by molar-refractivity contribution is 6.74. The molecule has 1 saturated carbocycles. The van der Waals surface area contributed by atoms with Crippen LogP contribution in [0.2, 0.25) is 18.1 Å². The summed E-state index contributed by atoms with van der Waals surface area (Å²) in [5.74, 6) is 0.0669. The van der Waals surface area contributed by atoms with E-state index in [1.54, 1.807) is 13.2 Å². The van der Waals surface area contributed by atoms with E-state index >= 15 is 0 Å². The molecule has 0 bridgehead atoms. The minimum Gasteiger partial charge on any atom is -0.493 e. The van der Waals surface area contributed by atoms with E-state index in [-0.39, 0.29) is 22.8 Å². The van der Waals surface area contributed by atoms with Crippen LogP contribution >= 0.6 is 0 Å². The van der Waals surface area contributed by atoms with Gasteiger partial charge in [0.25, 0.3) is 0 Å². The van der Waals surface area contributed by atoms with Gasteiger partial charge in [-0.1, -0.05) is 20.8 Å². The van der Waals surface area contributed by atoms with Gasteiger partial charge in [-0.3, -0.25) is 0 Å². The Morgan fingerprint density at radius 1 is 1.16 bits per heavy atom. The highest BCUT2D eigenvalue weighted by Crippen LogP contribution is 2.40. The van der Waals surface area contributed by atoms with E-state index in [0.717, 1.165) is 19.3 Å². The summed E-state index contributed by atoms with van der Waals surface area (Å²) < 4.78 is 17.8. The van der Waals surface area contributed by atoms with Crippen LogP contribution in [0.15, 0.2) is 18.2 Å². The summed E-state index contributed by atoms with van der Waals surface area (Å²) in [4.78, 5) is 11.2. The van der Waals surface area contributed by atoms with Crippen LogP contribution in [0.3, 0.4) is 0 Å². The highest BCUT2D eigenvalue weighted by Gasteiger charge is 2.41. The molecule has 0 heterocycles. The summed E-state index contributed by atoms with van der Waals surface area (Å²) in [6, 6.07) is 4.69. The highest BCUT2D eigenvalue weighted by atomic mass is 28.4. The number of carboxylic acid groups (broad SMARTS) is 1. The van der Waals surface area contributed by atoms with Gasteiger partial charge >= 0.3 is 5.97 Å². The predicted molar refractivity (Wildman–Crippen MR) is 100 cm³/mol. The van der Waals surface area contributed by atoms with Gasteiger partial charge in [0.15, 0.2) is 19.8 Å². The number of aromatic carboxylic acids is 1. The van der Waals surface area contributed by atoms with Gasteiger partial charge in [-0.25, -0.2) is 4.79 Å². The molecule has 5 nitrogen and oxygen atoms in total. The Bertz CT molecular complexity index is 621. The van der Waals surface area contributed by atoms with Crippen molar-refractivity contribution in [3.63, 3.8) is 0 Å². The average molecular weight is 367 g/mol. The van der Waals surface area contributed by atoms with Crippen LogP contribution in [0.25, 0.3) is 0 Å². The lowest BCUT2D eigenvalue weighted by molar-refractivity contribution is 0.0695. The Morgan fingerprint density at radius 2 is 1.80 bits per heavy atom. The number of benzene rings is 1. The van der Waals surface area contributed by atoms with Crippen molar-refractivity contribution in [2.45, 2.75) is 70.4 Å². The summed E-state index contributed by atoms with van der Waals surface area (Å²) in [5.41, 5.74) is 0.197. The second kappa shape index (κ2) is 7.38. The SMILES string of the molecule is COc1ccc(C(=O)O)cc1O[C@@H]1CC[C@@H](O[Si](C)(C)C(C)(C)C)C1. The molecule has 1 aliphatic carbocycles. The quantitative estimate of drug-likeness (QED) is 0.738. The third-order valence-corrected chi connectivity index (χ3v) is 9.84. The standard InChI is InChI=1S/C19H30O5Si/c1-19(2,3)25(5,6)24-15-9-8-14(12-15)23-17-11-13(18(20)21)7-10-16(17)22-4/h7,10-11,14-15H,8-9,12H2,1-6H3,(H,20,21)/t14-,15-/m1/s1. The van der Waals surface area contributed by atoms with Crippen LogP contribution in [-0.2, 0) is 4.43 Å². The third kappa shape index (κ3) is 4.76. The van der Waals surface area contributed by atoms with E-state index in [4.69, 9.17) is 19.0 Å². The van der Waals surface area contributed by atoms with Crippen molar-refractivity contribution in [1.82, 2.24) is 0 Å². The van der Waals surface area contributed by atoms with Crippen LogP contribution in [0.1, 0.15) is 50.4 Å². The molecule has 0 unspecified atom stereocenters. The van der Waals surface area contributed by atoms with Crippen LogP contribution < -0.4 is 9.47 Å². The first-order chi connectivity index (χ1) is 11.5. The van der Waals surface area contributed by atoms with E-state index in [1.807, 2.05) is 0 Å². The summed E-state index contributed by atoms with van der Waals surface area (Å²) in [6.07, 6.45) is 2.93. The zero-order chi connectivity index (χ0) is 18.8. The molecule has 2 atom stereocenters. The maximum absolute atomic E-state index is 11.2. The summed E-state index contributed by atoms with van der Waals surface area (Å²) in [6.45, 7) is 11.3. The molecule has 2 rings (SSSR count). The van der Waals surface area contributed by atoms with Crippen molar-refractivity contribution in [3.8, 4) is 11.5 Å². The number of methoxy groups -OCH3 is 1. The van der Waals surface area contributed by atoms with Crippen molar-refractivity contribution < 1.29 is 23.8 Å². The van der Waals surface area contributed by atoms with Gasteiger partial charge in [-0.15, -0.1) is 0 Å². The van der Waals surface area contributed by atoms with Crippen LogP contribution in [-0.4, -0.2) is 38.7 Å². The lowest BCUT2D eigenvalue weighted by atomic mass is 10.2. The Kier molecular flexibility index (Phi) is 5.84. The van der Waals surface area contributed by atoms with E-state index in [9.17, 15) is 4.79 Å². The average Bonchev–Trinajstić information content (AvgIpc) is 2.92. The Labute approximate surface area is 151 Å². The smallest absolute Gasteiger partial charge is 0.335 e. The van der Waals surface area contributed by atoms with Gasteiger partial charge in [0.05, 0.1) is 12.7 Å². The minimum absolute atomic E-state index is 0.0210. The van der Waals surface area contributed by atoms with E-state index in [1.165, 1.54) is 12.1 Å². The van der Waals surface area contributed by atoms with Gasteiger partial charge in [0.1, 0.15) is 6.10 Å². The molecule has 1 aliphatic rings. The van der Waals surface area contributed by atoms with Crippen molar-refractivity contribution >= 4 is 14.3 Å². The van der Waals surface area contributed by atoms with E-state index in [2.05, 4.69) is 33.9 Å². The molecule has 1 aromatic carbocycles. The fourth-order valence-electron chi connectivity index (χ4n) is 2.79. The molecule has 0 aliphatic heterocycles. The second-order valence-electron chi connectivity index (χ2n) is 8.22. The maximum atomic E-state index is 11.2. The lowest BCUT2D eigenvalue weighted by Gasteiger charge is -2.38. The Morgan fingerprint density at radius 3 is 2.36 bits per heavy atom. The van der Waals surface area contributed by atoms with Gasteiger partial charge in [0.2, 0.25) is 0 Å². The minimum atomic E-state index is -1.79. The topological polar surface area (TPSA) is 65.0 Å². The zero-order valence-corrected chi connectivity index (χ0v) is 17.1. The zero-order valence-electron chi connectivity index (χ0n) is 16.1. The van der Waals surface area contributed by atoms with Crippen LogP contribution in [0.4, 0.5) is 0 Å². The molecular weight excluding hydrogens is 336 g/mol. The lowest BCUT2D eigenvalue weighted by Crippen LogP contribution is -2.43. The van der Waals surface area contributed by atoms with Crippen LogP contribution in [0, 0.1) is 0 Å². The Balaban J connectivity index is 2.04. The van der Waals surface area contributed by atoms with Gasteiger partial charge in [0, 0.05) is 12.5 Å². The summed E-state index contributed by atoms with van der Waals surface area (Å²) in [7, 11) is -0.235. The molecular formula is C19H30O5Si. The molecule has 0 amide bonds. The maximum Gasteiger partial charge on any atom is 0.335 e. The number of carbonyl (C=O) groups is 1. The van der Waals surface area contributed by atoms with Crippen LogP contribution in [0.5, 0.6) is 11.5 Å². The van der Waals surface area contributed by atoms with Gasteiger partial charge in [-0.2, -0.15) is 0 Å². The van der Waals surface area contributed by atoms with E-state index in [0.29, 0.717) is 11.5 Å². The molecule has 25 heavy (non-hydrogen) atoms. The van der Waals surface area contributed by atoms with E-state index < -0.39 is 14.3 Å². The molecule has 1 N–H and O–H groups in total. The fourth-order valence-corrected chi connectivity index (χ4v) is 4.19. The molecule has 0 saturated heterocycles. The largest absolute Gasteiger partial charge is 0.493 e. The normalized spacial score (nSPS) is 21.2. The van der Waals surface area contributed by atoms with Gasteiger partial charge < -0.3 is 19.0 Å². The molecule has 0 aromatic heterocycles. The number of hydrogen-bond acceptors (Lipinski definition) is 4. The van der Waals surface area contributed by atoms with Crippen molar-refractivity contribution in [1.29, 1.82) is 0 Å². The molecule has 0 spiro atoms. The molecule has 1 aromatic rings. The third-order valence-electron chi connectivity index (χ3n) is 5.31. The molecule has 140 valence electrons. The molecule has 6 heteroatoms. The van der Waals surface area contributed by atoms with Crippen molar-refractivity contribution in [2.75, 3.05) is 7.11 Å². The van der Waals surface area contributed by atoms with Crippen molar-refractivity contribution in [3.05, 3.63) is 23.8 Å². The summed E-state index contributed by atoms with van der Waals surface area (Å²) >= 11 is 0. The fraction of sp³-hybridized carbons (Fsp3) is 0.632.